The Bertz CT molecular complexity index is 1370. The van der Waals surface area contributed by atoms with Crippen molar-refractivity contribution in [3.8, 4) is 0 Å². The second-order valence-electron chi connectivity index (χ2n) is 10.0. The van der Waals surface area contributed by atoms with Crippen LogP contribution >= 0.6 is 0 Å². The number of aryl methyl sites for hydroxylation is 1. The smallest absolute Gasteiger partial charge is 0.257 e. The number of nitrogens with zero attached hydrogens (tertiary/aromatic N) is 2. The van der Waals surface area contributed by atoms with E-state index < -0.39 is 27.0 Å². The number of halogens is 1. The molecule has 1 saturated carbocycles. The zero-order valence-electron chi connectivity index (χ0n) is 21.1. The standard InChI is InChI=1S/C28H34FN3O3S/c1-5-6-7-9-20(4)22-11-8-10-21(16-22)17-23-24(31-36(34,35)28(29)14-15-28)12-13-25-26(23)27(33)32(18-30-25)19(2)3/h5-11,16,18-19,23-24,31H,1,12-15,17H2,2-4H3/b7-6-,20-9+. The van der Waals surface area contributed by atoms with E-state index in [2.05, 4.69) is 22.4 Å². The molecule has 0 aliphatic heterocycles. The molecule has 2 unspecified atom stereocenters. The SMILES string of the molecule is C=C/C=C\C=C(/C)c1cccc(CC2c3c(ncn(C(C)C)c3=O)CCC2NS(=O)(=O)C2(F)CC2)c1. The quantitative estimate of drug-likeness (QED) is 0.481. The first-order chi connectivity index (χ1) is 17.1. The highest BCUT2D eigenvalue weighted by atomic mass is 32.2. The van der Waals surface area contributed by atoms with Gasteiger partial charge in [-0.25, -0.2) is 22.5 Å². The molecule has 0 bridgehead atoms. The van der Waals surface area contributed by atoms with Crippen LogP contribution in [0.5, 0.6) is 0 Å². The van der Waals surface area contributed by atoms with Gasteiger partial charge in [-0.3, -0.25) is 9.36 Å². The number of fused-ring (bicyclic) bond motifs is 1. The molecule has 1 N–H and O–H groups in total. The van der Waals surface area contributed by atoms with Crippen molar-refractivity contribution < 1.29 is 12.8 Å². The third-order valence-electron chi connectivity index (χ3n) is 7.08. The fraction of sp³-hybridized carbons (Fsp3) is 0.429. The molecule has 1 fully saturated rings. The predicted octanol–water partition coefficient (Wildman–Crippen LogP) is 4.99. The Morgan fingerprint density at radius 3 is 2.75 bits per heavy atom. The third kappa shape index (κ3) is 5.30. The molecule has 2 aromatic rings. The Kier molecular flexibility index (Phi) is 7.48. The van der Waals surface area contributed by atoms with Crippen LogP contribution in [0.1, 0.15) is 74.4 Å². The average Bonchev–Trinajstić information content (AvgIpc) is 3.60. The van der Waals surface area contributed by atoms with Crippen molar-refractivity contribution in [1.82, 2.24) is 14.3 Å². The molecule has 36 heavy (non-hydrogen) atoms. The maximum absolute atomic E-state index is 14.7. The highest BCUT2D eigenvalue weighted by Crippen LogP contribution is 2.45. The van der Waals surface area contributed by atoms with Crippen LogP contribution in [0.15, 0.2) is 66.3 Å². The van der Waals surface area contributed by atoms with Crippen molar-refractivity contribution in [2.75, 3.05) is 0 Å². The number of benzene rings is 1. The minimum absolute atomic E-state index is 0.00593. The van der Waals surface area contributed by atoms with Gasteiger partial charge in [-0.05, 0) is 56.7 Å². The second kappa shape index (κ2) is 10.3. The minimum atomic E-state index is -4.16. The van der Waals surface area contributed by atoms with Gasteiger partial charge in [-0.15, -0.1) is 0 Å². The maximum Gasteiger partial charge on any atom is 0.257 e. The third-order valence-corrected chi connectivity index (χ3v) is 9.07. The van der Waals surface area contributed by atoms with Crippen molar-refractivity contribution in [2.45, 2.75) is 75.9 Å². The number of sulfonamides is 1. The molecular weight excluding hydrogens is 477 g/mol. The number of alkyl halides is 1. The van der Waals surface area contributed by atoms with Crippen molar-refractivity contribution >= 4 is 15.6 Å². The number of hydrogen-bond donors (Lipinski definition) is 1. The lowest BCUT2D eigenvalue weighted by Crippen LogP contribution is -2.48. The van der Waals surface area contributed by atoms with Gasteiger partial charge in [0, 0.05) is 36.4 Å². The van der Waals surface area contributed by atoms with Crippen molar-refractivity contribution in [3.05, 3.63) is 94.2 Å². The topological polar surface area (TPSA) is 81.1 Å². The van der Waals surface area contributed by atoms with Crippen LogP contribution in [0.25, 0.3) is 5.57 Å². The van der Waals surface area contributed by atoms with E-state index in [1.54, 1.807) is 17.0 Å². The Hall–Kier alpha value is -2.84. The first-order valence-electron chi connectivity index (χ1n) is 12.4. The molecule has 8 heteroatoms. The van der Waals surface area contributed by atoms with E-state index in [1.165, 1.54) is 0 Å². The number of allylic oxidation sites excluding steroid dienone is 5. The summed E-state index contributed by atoms with van der Waals surface area (Å²) in [6.45, 7) is 9.52. The molecule has 0 spiro atoms. The summed E-state index contributed by atoms with van der Waals surface area (Å²) in [6, 6.07) is 7.32. The van der Waals surface area contributed by atoms with Gasteiger partial charge in [0.15, 0.2) is 0 Å². The summed E-state index contributed by atoms with van der Waals surface area (Å²) in [5.41, 5.74) is 4.12. The molecule has 4 rings (SSSR count). The maximum atomic E-state index is 14.7. The summed E-state index contributed by atoms with van der Waals surface area (Å²) in [5.74, 6) is -0.461. The molecular formula is C28H34FN3O3S. The van der Waals surface area contributed by atoms with Crippen LogP contribution in [0.3, 0.4) is 0 Å². The molecule has 2 aliphatic carbocycles. The molecule has 1 heterocycles. The average molecular weight is 512 g/mol. The van der Waals surface area contributed by atoms with Crippen molar-refractivity contribution in [2.24, 2.45) is 0 Å². The van der Waals surface area contributed by atoms with Crippen molar-refractivity contribution in [1.29, 1.82) is 0 Å². The number of hydrogen-bond acceptors (Lipinski definition) is 4. The van der Waals surface area contributed by atoms with Crippen LogP contribution < -0.4 is 10.3 Å². The van der Waals surface area contributed by atoms with E-state index in [1.807, 2.05) is 57.2 Å². The lowest BCUT2D eigenvalue weighted by atomic mass is 9.78. The van der Waals surface area contributed by atoms with Gasteiger partial charge in [0.25, 0.3) is 5.56 Å². The molecule has 1 aromatic carbocycles. The molecule has 0 saturated heterocycles. The molecule has 192 valence electrons. The summed E-state index contributed by atoms with van der Waals surface area (Å²) in [7, 11) is -4.16. The van der Waals surface area contributed by atoms with Gasteiger partial charge >= 0.3 is 0 Å². The van der Waals surface area contributed by atoms with Crippen LogP contribution in [-0.2, 0) is 22.9 Å². The summed E-state index contributed by atoms with van der Waals surface area (Å²) < 4.78 is 44.5. The molecule has 0 radical (unpaired) electrons. The van der Waals surface area contributed by atoms with Gasteiger partial charge in [0.1, 0.15) is 0 Å². The Balaban J connectivity index is 1.74. The lowest BCUT2D eigenvalue weighted by Gasteiger charge is -2.34. The van der Waals surface area contributed by atoms with E-state index in [0.29, 0.717) is 30.5 Å². The number of aromatic nitrogens is 2. The predicted molar refractivity (Wildman–Crippen MR) is 142 cm³/mol. The van der Waals surface area contributed by atoms with Crippen molar-refractivity contribution in [3.63, 3.8) is 0 Å². The summed E-state index contributed by atoms with van der Waals surface area (Å²) >= 11 is 0. The minimum Gasteiger partial charge on any atom is -0.296 e. The summed E-state index contributed by atoms with van der Waals surface area (Å²) in [5, 5.41) is -2.20. The van der Waals surface area contributed by atoms with Crippen LogP contribution in [-0.4, -0.2) is 29.0 Å². The van der Waals surface area contributed by atoms with Gasteiger partial charge in [0.2, 0.25) is 15.0 Å². The Morgan fingerprint density at radius 1 is 1.33 bits per heavy atom. The Morgan fingerprint density at radius 2 is 2.08 bits per heavy atom. The molecule has 0 amide bonds. The van der Waals surface area contributed by atoms with E-state index >= 15 is 0 Å². The zero-order valence-corrected chi connectivity index (χ0v) is 21.9. The molecule has 2 aliphatic rings. The molecule has 1 aromatic heterocycles. The summed E-state index contributed by atoms with van der Waals surface area (Å²) in [6.07, 6.45) is 10.4. The van der Waals surface area contributed by atoms with E-state index in [-0.39, 0.29) is 24.4 Å². The van der Waals surface area contributed by atoms with Crippen LogP contribution in [0, 0.1) is 0 Å². The number of rotatable bonds is 9. The van der Waals surface area contributed by atoms with Crippen LogP contribution in [0.2, 0.25) is 0 Å². The van der Waals surface area contributed by atoms with E-state index in [9.17, 15) is 17.6 Å². The first kappa shape index (κ1) is 26.2. The lowest BCUT2D eigenvalue weighted by molar-refractivity contribution is 0.372. The molecule has 6 nitrogen and oxygen atoms in total. The number of nitrogens with one attached hydrogen (secondary N) is 1. The highest BCUT2D eigenvalue weighted by molar-refractivity contribution is 7.91. The normalized spacial score (nSPS) is 21.5. The van der Waals surface area contributed by atoms with E-state index in [4.69, 9.17) is 0 Å². The first-order valence-corrected chi connectivity index (χ1v) is 13.9. The van der Waals surface area contributed by atoms with E-state index in [0.717, 1.165) is 16.7 Å². The zero-order chi connectivity index (χ0) is 26.1. The second-order valence-corrected chi connectivity index (χ2v) is 12.0. The van der Waals surface area contributed by atoms with Gasteiger partial charge in [0.05, 0.1) is 12.0 Å². The fourth-order valence-electron chi connectivity index (χ4n) is 4.78. The molecule has 2 atom stereocenters. The van der Waals surface area contributed by atoms with Crippen LogP contribution in [0.4, 0.5) is 4.39 Å². The monoisotopic (exact) mass is 511 g/mol. The highest BCUT2D eigenvalue weighted by Gasteiger charge is 2.56. The van der Waals surface area contributed by atoms with Gasteiger partial charge in [-0.1, -0.05) is 55.1 Å². The largest absolute Gasteiger partial charge is 0.296 e. The van der Waals surface area contributed by atoms with Gasteiger partial charge < -0.3 is 0 Å². The summed E-state index contributed by atoms with van der Waals surface area (Å²) in [4.78, 5) is 18.1. The fourth-order valence-corrected chi connectivity index (χ4v) is 6.31. The Labute approximate surface area is 212 Å². The van der Waals surface area contributed by atoms with Gasteiger partial charge in [-0.2, -0.15) is 0 Å².